The lowest BCUT2D eigenvalue weighted by molar-refractivity contribution is 0.288. The molecule has 1 nitrogen and oxygen atoms in total. The van der Waals surface area contributed by atoms with E-state index in [9.17, 15) is 8.78 Å². The zero-order valence-electron chi connectivity index (χ0n) is 12.1. The van der Waals surface area contributed by atoms with Crippen LogP contribution in [0.5, 0.6) is 0 Å². The Morgan fingerprint density at radius 3 is 2.70 bits per heavy atom. The third-order valence-corrected chi connectivity index (χ3v) is 4.56. The maximum Gasteiger partial charge on any atom is 0.149 e. The van der Waals surface area contributed by atoms with Gasteiger partial charge in [-0.15, -0.1) is 0 Å². The molecule has 0 amide bonds. The number of nitrogens with one attached hydrogen (secondary N) is 1. The van der Waals surface area contributed by atoms with Crippen molar-refractivity contribution in [3.63, 3.8) is 0 Å². The van der Waals surface area contributed by atoms with Crippen LogP contribution in [0.3, 0.4) is 0 Å². The van der Waals surface area contributed by atoms with E-state index in [-0.39, 0.29) is 0 Å². The molecule has 0 saturated heterocycles. The standard InChI is InChI=1S/C16H22BrF2N/c1-10(2)6-11-4-3-5-12(7-11)20-16-8-13(17)14(18)9-15(16)19/h8-12,20H,3-7H2,1-2H3. The number of rotatable bonds is 4. The molecule has 0 aromatic heterocycles. The van der Waals surface area contributed by atoms with Crippen LogP contribution < -0.4 is 5.32 Å². The van der Waals surface area contributed by atoms with Gasteiger partial charge in [-0.3, -0.25) is 0 Å². The van der Waals surface area contributed by atoms with Gasteiger partial charge in [-0.25, -0.2) is 8.78 Å². The fourth-order valence-corrected chi connectivity index (χ4v) is 3.50. The van der Waals surface area contributed by atoms with Crippen LogP contribution in [0.1, 0.15) is 46.0 Å². The quantitative estimate of drug-likeness (QED) is 0.685. The maximum absolute atomic E-state index is 13.8. The van der Waals surface area contributed by atoms with Crippen LogP contribution in [0.25, 0.3) is 0 Å². The average molecular weight is 346 g/mol. The van der Waals surface area contributed by atoms with Crippen molar-refractivity contribution in [2.24, 2.45) is 11.8 Å². The van der Waals surface area contributed by atoms with E-state index in [1.54, 1.807) is 0 Å². The van der Waals surface area contributed by atoms with Gasteiger partial charge in [-0.1, -0.05) is 26.7 Å². The molecule has 1 saturated carbocycles. The van der Waals surface area contributed by atoms with Crippen LogP contribution in [0.15, 0.2) is 16.6 Å². The smallest absolute Gasteiger partial charge is 0.149 e. The van der Waals surface area contributed by atoms with E-state index >= 15 is 0 Å². The molecule has 2 rings (SSSR count). The number of halogens is 3. The molecular formula is C16H22BrF2N. The normalized spacial score (nSPS) is 23.1. The fourth-order valence-electron chi connectivity index (χ4n) is 3.16. The third kappa shape index (κ3) is 4.18. The molecule has 1 aliphatic carbocycles. The lowest BCUT2D eigenvalue weighted by Crippen LogP contribution is -2.28. The molecule has 1 aromatic rings. The lowest BCUT2D eigenvalue weighted by Gasteiger charge is -2.31. The van der Waals surface area contributed by atoms with Crippen LogP contribution >= 0.6 is 15.9 Å². The van der Waals surface area contributed by atoms with Crippen molar-refractivity contribution in [2.75, 3.05) is 5.32 Å². The second-order valence-corrected chi connectivity index (χ2v) is 7.10. The maximum atomic E-state index is 13.8. The van der Waals surface area contributed by atoms with E-state index in [0.29, 0.717) is 28.0 Å². The first-order valence-electron chi connectivity index (χ1n) is 7.36. The molecule has 20 heavy (non-hydrogen) atoms. The number of anilines is 1. The minimum Gasteiger partial charge on any atom is -0.380 e. The minimum absolute atomic E-state index is 0.291. The predicted molar refractivity (Wildman–Crippen MR) is 82.9 cm³/mol. The highest BCUT2D eigenvalue weighted by molar-refractivity contribution is 9.10. The Morgan fingerprint density at radius 1 is 1.25 bits per heavy atom. The van der Waals surface area contributed by atoms with Crippen molar-refractivity contribution in [1.29, 1.82) is 0 Å². The summed E-state index contributed by atoms with van der Waals surface area (Å²) in [6.07, 6.45) is 5.81. The summed E-state index contributed by atoms with van der Waals surface area (Å²) in [6, 6.07) is 2.72. The Kier molecular flexibility index (Phi) is 5.42. The van der Waals surface area contributed by atoms with E-state index in [0.717, 1.165) is 18.9 Å². The Balaban J connectivity index is 2.01. The molecule has 0 heterocycles. The molecule has 1 aromatic carbocycles. The first-order valence-corrected chi connectivity index (χ1v) is 8.16. The fraction of sp³-hybridized carbons (Fsp3) is 0.625. The summed E-state index contributed by atoms with van der Waals surface area (Å²) in [5.74, 6) is 0.342. The van der Waals surface area contributed by atoms with Crippen LogP contribution in [-0.4, -0.2) is 6.04 Å². The van der Waals surface area contributed by atoms with Crippen molar-refractivity contribution in [2.45, 2.75) is 52.0 Å². The monoisotopic (exact) mass is 345 g/mol. The molecule has 0 spiro atoms. The van der Waals surface area contributed by atoms with Gasteiger partial charge in [0, 0.05) is 12.1 Å². The number of hydrogen-bond acceptors (Lipinski definition) is 1. The van der Waals surface area contributed by atoms with Gasteiger partial charge in [0.1, 0.15) is 11.6 Å². The van der Waals surface area contributed by atoms with E-state index in [1.165, 1.54) is 25.3 Å². The van der Waals surface area contributed by atoms with Gasteiger partial charge in [-0.05, 0) is 53.1 Å². The molecule has 2 atom stereocenters. The number of hydrogen-bond donors (Lipinski definition) is 1. The minimum atomic E-state index is -0.561. The summed E-state index contributed by atoms with van der Waals surface area (Å²) in [5, 5.41) is 3.25. The van der Waals surface area contributed by atoms with Crippen LogP contribution in [0.4, 0.5) is 14.5 Å². The van der Waals surface area contributed by atoms with Gasteiger partial charge in [0.05, 0.1) is 10.2 Å². The summed E-state index contributed by atoms with van der Waals surface area (Å²) in [6.45, 7) is 4.49. The van der Waals surface area contributed by atoms with E-state index in [1.807, 2.05) is 0 Å². The average Bonchev–Trinajstić information content (AvgIpc) is 2.35. The number of benzene rings is 1. The van der Waals surface area contributed by atoms with E-state index in [4.69, 9.17) is 0 Å². The van der Waals surface area contributed by atoms with Gasteiger partial charge in [0.2, 0.25) is 0 Å². The molecule has 0 radical (unpaired) electrons. The predicted octanol–water partition coefficient (Wildman–Crippen LogP) is 5.74. The Bertz CT molecular complexity index is 462. The van der Waals surface area contributed by atoms with Crippen LogP contribution in [0.2, 0.25) is 0 Å². The molecule has 1 aliphatic rings. The Labute approximate surface area is 128 Å². The summed E-state index contributed by atoms with van der Waals surface area (Å²) < 4.78 is 27.3. The Morgan fingerprint density at radius 2 is 2.00 bits per heavy atom. The van der Waals surface area contributed by atoms with Gasteiger partial charge in [-0.2, -0.15) is 0 Å². The largest absolute Gasteiger partial charge is 0.380 e. The molecule has 0 bridgehead atoms. The van der Waals surface area contributed by atoms with Gasteiger partial charge >= 0.3 is 0 Å². The summed E-state index contributed by atoms with van der Waals surface area (Å²) in [5.41, 5.74) is 0.397. The van der Waals surface area contributed by atoms with Gasteiger partial charge in [0.15, 0.2) is 0 Å². The van der Waals surface area contributed by atoms with Crippen molar-refractivity contribution in [3.05, 3.63) is 28.2 Å². The van der Waals surface area contributed by atoms with Crippen molar-refractivity contribution in [1.82, 2.24) is 0 Å². The lowest BCUT2D eigenvalue weighted by atomic mass is 9.81. The van der Waals surface area contributed by atoms with Crippen molar-refractivity contribution >= 4 is 21.6 Å². The first kappa shape index (κ1) is 15.7. The summed E-state index contributed by atoms with van der Waals surface area (Å²) >= 11 is 3.11. The highest BCUT2D eigenvalue weighted by atomic mass is 79.9. The second-order valence-electron chi connectivity index (χ2n) is 6.25. The van der Waals surface area contributed by atoms with Crippen molar-refractivity contribution in [3.8, 4) is 0 Å². The third-order valence-electron chi connectivity index (χ3n) is 3.96. The highest BCUT2D eigenvalue weighted by Crippen LogP contribution is 2.32. The van der Waals surface area contributed by atoms with E-state index < -0.39 is 11.6 Å². The zero-order chi connectivity index (χ0) is 14.7. The SMILES string of the molecule is CC(C)CC1CCCC(Nc2cc(Br)c(F)cc2F)C1. The van der Waals surface area contributed by atoms with Crippen LogP contribution in [0, 0.1) is 23.5 Å². The molecular weight excluding hydrogens is 324 g/mol. The molecule has 2 unspecified atom stereocenters. The zero-order valence-corrected chi connectivity index (χ0v) is 13.6. The molecule has 1 fully saturated rings. The van der Waals surface area contributed by atoms with Gasteiger partial charge in [0.25, 0.3) is 0 Å². The second kappa shape index (κ2) is 6.88. The van der Waals surface area contributed by atoms with Gasteiger partial charge < -0.3 is 5.32 Å². The highest BCUT2D eigenvalue weighted by Gasteiger charge is 2.23. The molecule has 1 N–H and O–H groups in total. The molecule has 0 aliphatic heterocycles. The van der Waals surface area contributed by atoms with Crippen LogP contribution in [-0.2, 0) is 0 Å². The summed E-state index contributed by atoms with van der Waals surface area (Å²) in [4.78, 5) is 0. The molecule has 112 valence electrons. The first-order chi connectivity index (χ1) is 9.45. The van der Waals surface area contributed by atoms with Crippen molar-refractivity contribution < 1.29 is 8.78 Å². The Hall–Kier alpha value is -0.640. The van der Waals surface area contributed by atoms with E-state index in [2.05, 4.69) is 35.1 Å². The molecule has 4 heteroatoms. The summed E-state index contributed by atoms with van der Waals surface area (Å²) in [7, 11) is 0. The topological polar surface area (TPSA) is 12.0 Å².